The first kappa shape index (κ1) is 14.8. The lowest BCUT2D eigenvalue weighted by Gasteiger charge is -2.17. The zero-order valence-electron chi connectivity index (χ0n) is 12.0. The zero-order chi connectivity index (χ0) is 13.4. The second-order valence-electron chi connectivity index (χ2n) is 4.49. The van der Waals surface area contributed by atoms with Crippen molar-refractivity contribution in [1.82, 2.24) is 5.32 Å². The Morgan fingerprint density at radius 1 is 1.28 bits per heavy atom. The summed E-state index contributed by atoms with van der Waals surface area (Å²) >= 11 is 0. The Balaban J connectivity index is 2.80. The van der Waals surface area contributed by atoms with Crippen molar-refractivity contribution < 1.29 is 9.47 Å². The van der Waals surface area contributed by atoms with E-state index in [9.17, 15) is 0 Å². The highest BCUT2D eigenvalue weighted by molar-refractivity contribution is 5.46. The molecule has 1 rings (SSSR count). The van der Waals surface area contributed by atoms with Crippen LogP contribution in [0.4, 0.5) is 0 Å². The van der Waals surface area contributed by atoms with Gasteiger partial charge in [0.25, 0.3) is 0 Å². The van der Waals surface area contributed by atoms with Crippen LogP contribution >= 0.6 is 0 Å². The van der Waals surface area contributed by atoms with E-state index in [1.165, 1.54) is 0 Å². The molecule has 1 aromatic carbocycles. The highest BCUT2D eigenvalue weighted by Crippen LogP contribution is 2.31. The topological polar surface area (TPSA) is 30.5 Å². The Morgan fingerprint density at radius 3 is 2.67 bits per heavy atom. The molecule has 1 atom stereocenters. The van der Waals surface area contributed by atoms with E-state index in [2.05, 4.69) is 32.2 Å². The molecule has 0 spiro atoms. The van der Waals surface area contributed by atoms with Crippen LogP contribution < -0.4 is 14.8 Å². The van der Waals surface area contributed by atoms with Gasteiger partial charge in [-0.3, -0.25) is 0 Å². The summed E-state index contributed by atoms with van der Waals surface area (Å²) in [7, 11) is 1.68. The standard InChI is InChI=1S/C15H25NO2/c1-5-10-18-15-13(11-16-12(3)6-2)8-7-9-14(15)17-4/h7-9,12,16H,5-6,10-11H2,1-4H3. The highest BCUT2D eigenvalue weighted by atomic mass is 16.5. The molecule has 0 saturated heterocycles. The molecule has 0 aliphatic rings. The van der Waals surface area contributed by atoms with Crippen molar-refractivity contribution in [2.24, 2.45) is 0 Å². The summed E-state index contributed by atoms with van der Waals surface area (Å²) in [5.74, 6) is 1.68. The summed E-state index contributed by atoms with van der Waals surface area (Å²) in [5, 5.41) is 3.48. The molecular weight excluding hydrogens is 226 g/mol. The first-order valence-electron chi connectivity index (χ1n) is 6.74. The van der Waals surface area contributed by atoms with Gasteiger partial charge in [-0.1, -0.05) is 26.0 Å². The van der Waals surface area contributed by atoms with Crippen LogP contribution in [0.1, 0.15) is 39.2 Å². The van der Waals surface area contributed by atoms with E-state index in [1.807, 2.05) is 12.1 Å². The smallest absolute Gasteiger partial charge is 0.165 e. The van der Waals surface area contributed by atoms with Gasteiger partial charge in [-0.25, -0.2) is 0 Å². The third kappa shape index (κ3) is 4.22. The molecule has 0 aliphatic heterocycles. The second-order valence-corrected chi connectivity index (χ2v) is 4.49. The van der Waals surface area contributed by atoms with Gasteiger partial charge in [-0.15, -0.1) is 0 Å². The van der Waals surface area contributed by atoms with Gasteiger partial charge >= 0.3 is 0 Å². The fourth-order valence-corrected chi connectivity index (χ4v) is 1.66. The maximum atomic E-state index is 5.81. The first-order valence-corrected chi connectivity index (χ1v) is 6.74. The maximum absolute atomic E-state index is 5.81. The molecule has 102 valence electrons. The van der Waals surface area contributed by atoms with Crippen molar-refractivity contribution in [3.05, 3.63) is 23.8 Å². The summed E-state index contributed by atoms with van der Waals surface area (Å²) in [6.07, 6.45) is 2.12. The SMILES string of the molecule is CCCOc1c(CNC(C)CC)cccc1OC. The van der Waals surface area contributed by atoms with Gasteiger partial charge < -0.3 is 14.8 Å². The number of para-hydroxylation sites is 1. The van der Waals surface area contributed by atoms with Crippen LogP contribution in [0.2, 0.25) is 0 Å². The van der Waals surface area contributed by atoms with Gasteiger partial charge in [-0.05, 0) is 25.8 Å². The van der Waals surface area contributed by atoms with Crippen LogP contribution in [0.15, 0.2) is 18.2 Å². The van der Waals surface area contributed by atoms with E-state index in [0.717, 1.165) is 43.1 Å². The van der Waals surface area contributed by atoms with E-state index in [0.29, 0.717) is 6.04 Å². The fourth-order valence-electron chi connectivity index (χ4n) is 1.66. The van der Waals surface area contributed by atoms with Gasteiger partial charge in [0.15, 0.2) is 11.5 Å². The van der Waals surface area contributed by atoms with Gasteiger partial charge in [0.1, 0.15) is 0 Å². The van der Waals surface area contributed by atoms with Crippen LogP contribution in [0.25, 0.3) is 0 Å². The van der Waals surface area contributed by atoms with Gasteiger partial charge in [0.2, 0.25) is 0 Å². The molecule has 3 heteroatoms. The zero-order valence-corrected chi connectivity index (χ0v) is 12.0. The predicted molar refractivity (Wildman–Crippen MR) is 75.4 cm³/mol. The Bertz CT molecular complexity index is 352. The Hall–Kier alpha value is -1.22. The molecule has 0 radical (unpaired) electrons. The molecule has 0 heterocycles. The Morgan fingerprint density at radius 2 is 2.06 bits per heavy atom. The van der Waals surface area contributed by atoms with Crippen LogP contribution in [-0.4, -0.2) is 19.8 Å². The molecule has 0 saturated carbocycles. The maximum Gasteiger partial charge on any atom is 0.165 e. The minimum atomic E-state index is 0.509. The number of methoxy groups -OCH3 is 1. The molecule has 1 aromatic rings. The van der Waals surface area contributed by atoms with E-state index in [1.54, 1.807) is 7.11 Å². The number of rotatable bonds is 8. The lowest BCUT2D eigenvalue weighted by atomic mass is 10.1. The van der Waals surface area contributed by atoms with Gasteiger partial charge in [0.05, 0.1) is 13.7 Å². The molecule has 0 aromatic heterocycles. The fraction of sp³-hybridized carbons (Fsp3) is 0.600. The molecule has 0 amide bonds. The molecule has 0 fully saturated rings. The van der Waals surface area contributed by atoms with Crippen LogP contribution in [0.3, 0.4) is 0 Å². The second kappa shape index (κ2) is 7.98. The van der Waals surface area contributed by atoms with Crippen LogP contribution in [0.5, 0.6) is 11.5 Å². The van der Waals surface area contributed by atoms with Gasteiger partial charge in [0, 0.05) is 18.2 Å². The van der Waals surface area contributed by atoms with Crippen molar-refractivity contribution in [1.29, 1.82) is 0 Å². The monoisotopic (exact) mass is 251 g/mol. The normalized spacial score (nSPS) is 12.2. The van der Waals surface area contributed by atoms with E-state index >= 15 is 0 Å². The molecular formula is C15H25NO2. The van der Waals surface area contributed by atoms with Crippen LogP contribution in [0, 0.1) is 0 Å². The number of benzene rings is 1. The Labute approximate surface area is 110 Å². The number of hydrogen-bond acceptors (Lipinski definition) is 3. The number of nitrogens with one attached hydrogen (secondary N) is 1. The largest absolute Gasteiger partial charge is 0.493 e. The quantitative estimate of drug-likeness (QED) is 0.768. The minimum absolute atomic E-state index is 0.509. The molecule has 1 N–H and O–H groups in total. The average Bonchev–Trinajstić information content (AvgIpc) is 2.42. The summed E-state index contributed by atoms with van der Waals surface area (Å²) in [6.45, 7) is 8.00. The molecule has 0 aliphatic carbocycles. The Kier molecular flexibility index (Phi) is 6.58. The highest BCUT2D eigenvalue weighted by Gasteiger charge is 2.10. The van der Waals surface area contributed by atoms with Crippen molar-refractivity contribution in [2.45, 2.75) is 46.2 Å². The lowest BCUT2D eigenvalue weighted by molar-refractivity contribution is 0.290. The van der Waals surface area contributed by atoms with Crippen LogP contribution in [-0.2, 0) is 6.54 Å². The van der Waals surface area contributed by atoms with Crippen molar-refractivity contribution in [3.63, 3.8) is 0 Å². The third-order valence-electron chi connectivity index (χ3n) is 2.98. The first-order chi connectivity index (χ1) is 8.72. The predicted octanol–water partition coefficient (Wildman–Crippen LogP) is 3.37. The van der Waals surface area contributed by atoms with E-state index < -0.39 is 0 Å². The van der Waals surface area contributed by atoms with Gasteiger partial charge in [-0.2, -0.15) is 0 Å². The van der Waals surface area contributed by atoms with E-state index in [-0.39, 0.29) is 0 Å². The summed E-state index contributed by atoms with van der Waals surface area (Å²) in [5.41, 5.74) is 1.16. The molecule has 3 nitrogen and oxygen atoms in total. The van der Waals surface area contributed by atoms with Crippen molar-refractivity contribution >= 4 is 0 Å². The lowest BCUT2D eigenvalue weighted by Crippen LogP contribution is -2.24. The average molecular weight is 251 g/mol. The molecule has 0 bridgehead atoms. The summed E-state index contributed by atoms with van der Waals surface area (Å²) in [4.78, 5) is 0. The van der Waals surface area contributed by atoms with Crippen molar-refractivity contribution in [2.75, 3.05) is 13.7 Å². The molecule has 18 heavy (non-hydrogen) atoms. The number of ether oxygens (including phenoxy) is 2. The molecule has 1 unspecified atom stereocenters. The summed E-state index contributed by atoms with van der Waals surface area (Å²) < 4.78 is 11.2. The van der Waals surface area contributed by atoms with Crippen molar-refractivity contribution in [3.8, 4) is 11.5 Å². The minimum Gasteiger partial charge on any atom is -0.493 e. The number of hydrogen-bond donors (Lipinski definition) is 1. The summed E-state index contributed by atoms with van der Waals surface area (Å²) in [6, 6.07) is 6.54. The van der Waals surface area contributed by atoms with E-state index in [4.69, 9.17) is 9.47 Å². The third-order valence-corrected chi connectivity index (χ3v) is 2.98.